The second kappa shape index (κ2) is 9.95. The molecule has 3 heterocycles. The molecule has 1 aliphatic heterocycles. The van der Waals surface area contributed by atoms with Crippen LogP contribution in [0.1, 0.15) is 30.4 Å². The summed E-state index contributed by atoms with van der Waals surface area (Å²) in [5.41, 5.74) is 6.69. The number of methoxy groups -OCH3 is 1. The van der Waals surface area contributed by atoms with Crippen molar-refractivity contribution in [2.45, 2.75) is 32.0 Å². The molecular formula is C26H27F2N7O3. The van der Waals surface area contributed by atoms with E-state index in [0.717, 1.165) is 29.1 Å². The van der Waals surface area contributed by atoms with E-state index in [9.17, 15) is 18.4 Å². The number of fused-ring (bicyclic) bond motifs is 1. The van der Waals surface area contributed by atoms with E-state index < -0.39 is 28.8 Å². The van der Waals surface area contributed by atoms with Gasteiger partial charge in [0.15, 0.2) is 11.6 Å². The minimum absolute atomic E-state index is 0.109. The fourth-order valence-electron chi connectivity index (χ4n) is 4.76. The van der Waals surface area contributed by atoms with Gasteiger partial charge in [0.1, 0.15) is 11.4 Å². The number of benzene rings is 2. The summed E-state index contributed by atoms with van der Waals surface area (Å²) in [7, 11) is 1.60. The molecule has 0 radical (unpaired) electrons. The van der Waals surface area contributed by atoms with Gasteiger partial charge >= 0.3 is 0 Å². The number of carbonyl (C=O) groups is 1. The summed E-state index contributed by atoms with van der Waals surface area (Å²) in [6, 6.07) is 8.91. The number of amides is 1. The lowest BCUT2D eigenvalue weighted by molar-refractivity contribution is 0.102. The highest BCUT2D eigenvalue weighted by molar-refractivity contribution is 6.09. The molecule has 1 fully saturated rings. The van der Waals surface area contributed by atoms with Crippen LogP contribution in [-0.4, -0.2) is 57.8 Å². The molecule has 0 spiro atoms. The fraction of sp³-hybridized carbons (Fsp3) is 0.308. The van der Waals surface area contributed by atoms with E-state index in [1.165, 1.54) is 12.1 Å². The van der Waals surface area contributed by atoms with Crippen LogP contribution in [0, 0.1) is 11.6 Å². The van der Waals surface area contributed by atoms with Crippen molar-refractivity contribution in [2.24, 2.45) is 5.73 Å². The van der Waals surface area contributed by atoms with Crippen LogP contribution in [-0.2, 0) is 4.74 Å². The first-order valence-electron chi connectivity index (χ1n) is 12.1. The molecule has 0 aliphatic carbocycles. The highest BCUT2D eigenvalue weighted by Gasteiger charge is 2.33. The number of para-hydroxylation sites is 1. The highest BCUT2D eigenvalue weighted by Crippen LogP contribution is 2.37. The summed E-state index contributed by atoms with van der Waals surface area (Å²) in [5, 5.41) is 12.1. The van der Waals surface area contributed by atoms with Gasteiger partial charge in [0.25, 0.3) is 11.5 Å². The second-order valence-electron chi connectivity index (χ2n) is 9.41. The van der Waals surface area contributed by atoms with Gasteiger partial charge in [0, 0.05) is 37.7 Å². The van der Waals surface area contributed by atoms with Crippen molar-refractivity contribution >= 4 is 28.2 Å². The van der Waals surface area contributed by atoms with Crippen LogP contribution >= 0.6 is 0 Å². The Morgan fingerprint density at radius 3 is 2.50 bits per heavy atom. The smallest absolute Gasteiger partial charge is 0.276 e. The van der Waals surface area contributed by atoms with Crippen molar-refractivity contribution in [3.63, 3.8) is 0 Å². The molecule has 4 aromatic rings. The van der Waals surface area contributed by atoms with E-state index in [4.69, 9.17) is 10.5 Å². The quantitative estimate of drug-likeness (QED) is 0.399. The predicted octanol–water partition coefficient (Wildman–Crippen LogP) is 2.86. The van der Waals surface area contributed by atoms with Gasteiger partial charge in [-0.2, -0.15) is 14.9 Å². The predicted molar refractivity (Wildman–Crippen MR) is 139 cm³/mol. The van der Waals surface area contributed by atoms with Crippen molar-refractivity contribution in [3.05, 3.63) is 76.3 Å². The number of rotatable bonds is 6. The third kappa shape index (κ3) is 4.41. The number of aromatic nitrogens is 4. The third-order valence-electron chi connectivity index (χ3n) is 6.60. The lowest BCUT2D eigenvalue weighted by Gasteiger charge is -2.23. The lowest BCUT2D eigenvalue weighted by atomic mass is 10.1. The van der Waals surface area contributed by atoms with Gasteiger partial charge in [-0.05, 0) is 44.2 Å². The van der Waals surface area contributed by atoms with Crippen LogP contribution in [0.15, 0.2) is 53.5 Å². The summed E-state index contributed by atoms with van der Waals surface area (Å²) in [6.07, 6.45) is 1.54. The van der Waals surface area contributed by atoms with Crippen LogP contribution in [0.4, 0.5) is 20.2 Å². The maximum atomic E-state index is 14.3. The Bertz CT molecular complexity index is 1560. The minimum atomic E-state index is -0.981. The van der Waals surface area contributed by atoms with Crippen molar-refractivity contribution in [3.8, 4) is 5.69 Å². The molecule has 198 valence electrons. The lowest BCUT2D eigenvalue weighted by Crippen LogP contribution is -2.34. The van der Waals surface area contributed by atoms with Crippen LogP contribution in [0.25, 0.3) is 16.6 Å². The zero-order valence-corrected chi connectivity index (χ0v) is 21.1. The Labute approximate surface area is 216 Å². The molecule has 0 unspecified atom stereocenters. The number of nitrogens with two attached hydrogens (primary N) is 1. The summed E-state index contributed by atoms with van der Waals surface area (Å²) >= 11 is 0. The van der Waals surface area contributed by atoms with E-state index in [1.54, 1.807) is 19.4 Å². The van der Waals surface area contributed by atoms with Gasteiger partial charge in [-0.15, -0.1) is 0 Å². The first-order valence-corrected chi connectivity index (χ1v) is 12.1. The van der Waals surface area contributed by atoms with Gasteiger partial charge in [-0.1, -0.05) is 6.07 Å². The first-order chi connectivity index (χ1) is 18.2. The Morgan fingerprint density at radius 2 is 1.84 bits per heavy atom. The molecule has 2 aromatic carbocycles. The first kappa shape index (κ1) is 25.5. The molecule has 2 atom stereocenters. The van der Waals surface area contributed by atoms with Crippen molar-refractivity contribution in [1.82, 2.24) is 19.6 Å². The molecule has 0 saturated carbocycles. The van der Waals surface area contributed by atoms with E-state index in [2.05, 4.69) is 15.5 Å². The summed E-state index contributed by atoms with van der Waals surface area (Å²) in [5.74, 6) is -2.63. The Hall–Kier alpha value is -4.16. The molecule has 1 amide bonds. The zero-order valence-electron chi connectivity index (χ0n) is 21.1. The molecule has 2 aromatic heterocycles. The number of anilines is 2. The van der Waals surface area contributed by atoms with Crippen LogP contribution in [0.2, 0.25) is 0 Å². The molecule has 10 nitrogen and oxygen atoms in total. The van der Waals surface area contributed by atoms with Crippen molar-refractivity contribution in [2.75, 3.05) is 30.4 Å². The summed E-state index contributed by atoms with van der Waals surface area (Å²) in [6.45, 7) is 5.03. The minimum Gasteiger partial charge on any atom is -0.378 e. The van der Waals surface area contributed by atoms with Gasteiger partial charge in [-0.3, -0.25) is 14.3 Å². The van der Waals surface area contributed by atoms with Gasteiger partial charge < -0.3 is 20.7 Å². The van der Waals surface area contributed by atoms with E-state index in [0.29, 0.717) is 29.1 Å². The second-order valence-corrected chi connectivity index (χ2v) is 9.41. The number of nitrogens with zero attached hydrogens (tertiary/aromatic N) is 5. The number of nitrogens with one attached hydrogen (secondary N) is 1. The number of carbonyl (C=O) groups excluding carboxylic acids is 1. The average molecular weight is 524 g/mol. The largest absolute Gasteiger partial charge is 0.378 e. The molecule has 38 heavy (non-hydrogen) atoms. The molecule has 3 N–H and O–H groups in total. The maximum absolute atomic E-state index is 14.3. The van der Waals surface area contributed by atoms with Crippen LogP contribution in [0.3, 0.4) is 0 Å². The summed E-state index contributed by atoms with van der Waals surface area (Å²) in [4.78, 5) is 27.7. The standard InChI is InChI=1S/C26H27F2N7O3/c1-14(2)34-21-9-7-19(24(15(21)11-30-34)33-12-18(29)22(13-33)38-3)31-26(37)20-8-10-23(36)35(32-20)25-16(27)5-4-6-17(25)28/h4-11,14,18,22H,12-13,29H2,1-3H3,(H,31,37)/t18-,22-/m1/s1. The molecule has 12 heteroatoms. The third-order valence-corrected chi connectivity index (χ3v) is 6.60. The molecule has 5 rings (SSSR count). The number of hydrogen-bond donors (Lipinski definition) is 2. The Balaban J connectivity index is 1.56. The van der Waals surface area contributed by atoms with Crippen LogP contribution < -0.4 is 21.5 Å². The van der Waals surface area contributed by atoms with E-state index in [-0.39, 0.29) is 23.9 Å². The number of hydrogen-bond acceptors (Lipinski definition) is 7. The number of ether oxygens (including phenoxy) is 1. The molecule has 1 aliphatic rings. The zero-order chi connectivity index (χ0) is 27.1. The number of halogens is 2. The molecule has 0 bridgehead atoms. The highest BCUT2D eigenvalue weighted by atomic mass is 19.1. The van der Waals surface area contributed by atoms with E-state index >= 15 is 0 Å². The SMILES string of the molecule is CO[C@@H]1CN(c2c(NC(=O)c3ccc(=O)n(-c4c(F)cccc4F)n3)ccc3c2cnn3C(C)C)C[C@H]1N. The maximum Gasteiger partial charge on any atom is 0.276 e. The summed E-state index contributed by atoms with van der Waals surface area (Å²) < 4.78 is 36.6. The monoisotopic (exact) mass is 523 g/mol. The average Bonchev–Trinajstić information content (AvgIpc) is 3.48. The fourth-order valence-corrected chi connectivity index (χ4v) is 4.76. The molecule has 1 saturated heterocycles. The molecular weight excluding hydrogens is 496 g/mol. The van der Waals surface area contributed by atoms with Crippen molar-refractivity contribution in [1.29, 1.82) is 0 Å². The Kier molecular flexibility index (Phi) is 6.67. The van der Waals surface area contributed by atoms with Gasteiger partial charge in [-0.25, -0.2) is 8.78 Å². The Morgan fingerprint density at radius 1 is 1.11 bits per heavy atom. The van der Waals surface area contributed by atoms with E-state index in [1.807, 2.05) is 29.5 Å². The van der Waals surface area contributed by atoms with Gasteiger partial charge in [0.05, 0.1) is 35.2 Å². The topological polar surface area (TPSA) is 120 Å². The van der Waals surface area contributed by atoms with Crippen LogP contribution in [0.5, 0.6) is 0 Å². The normalized spacial score (nSPS) is 17.5. The van der Waals surface area contributed by atoms with Gasteiger partial charge in [0.2, 0.25) is 0 Å². The van der Waals surface area contributed by atoms with Crippen molar-refractivity contribution < 1.29 is 18.3 Å².